The van der Waals surface area contributed by atoms with Gasteiger partial charge in [0.05, 0.1) is 5.92 Å². The summed E-state index contributed by atoms with van der Waals surface area (Å²) in [6.07, 6.45) is 0.507. The fourth-order valence-corrected chi connectivity index (χ4v) is 3.63. The molecule has 2 nitrogen and oxygen atoms in total. The Labute approximate surface area is 150 Å². The summed E-state index contributed by atoms with van der Waals surface area (Å²) >= 11 is 3.72. The molecule has 3 rings (SSSR count). The molecule has 0 aliphatic carbocycles. The van der Waals surface area contributed by atoms with E-state index in [0.717, 1.165) is 21.8 Å². The van der Waals surface area contributed by atoms with Crippen LogP contribution in [0.3, 0.4) is 0 Å². The minimum absolute atomic E-state index is 0.0735. The van der Waals surface area contributed by atoms with E-state index in [1.54, 1.807) is 0 Å². The number of ether oxygens (including phenoxy) is 1. The number of halogens is 1. The molecule has 0 saturated heterocycles. The Hall–Kier alpha value is -1.87. The molecule has 0 saturated carbocycles. The minimum atomic E-state index is -0.281. The van der Waals surface area contributed by atoms with Gasteiger partial charge in [0.25, 0.3) is 0 Å². The van der Waals surface area contributed by atoms with Crippen LogP contribution < -0.4 is 0 Å². The first-order valence-corrected chi connectivity index (χ1v) is 9.12. The van der Waals surface area contributed by atoms with Gasteiger partial charge >= 0.3 is 5.97 Å². The molecule has 124 valence electrons. The highest BCUT2D eigenvalue weighted by atomic mass is 79.9. The molecule has 3 aromatic carbocycles. The van der Waals surface area contributed by atoms with Crippen molar-refractivity contribution in [3.05, 3.63) is 58.6 Å². The van der Waals surface area contributed by atoms with Crippen LogP contribution in [0.2, 0.25) is 0 Å². The number of esters is 1. The molecule has 0 N–H and O–H groups in total. The van der Waals surface area contributed by atoms with Crippen LogP contribution in [0.25, 0.3) is 21.5 Å². The summed E-state index contributed by atoms with van der Waals surface area (Å²) < 4.78 is 6.63. The van der Waals surface area contributed by atoms with Crippen molar-refractivity contribution >= 4 is 43.4 Å². The number of fused-ring (bicyclic) bond motifs is 2. The predicted molar refractivity (Wildman–Crippen MR) is 103 cm³/mol. The molecule has 0 fully saturated rings. The number of carbonyl (C=O) groups is 1. The van der Waals surface area contributed by atoms with Crippen LogP contribution in [-0.2, 0) is 9.53 Å². The Morgan fingerprint density at radius 1 is 1.04 bits per heavy atom. The van der Waals surface area contributed by atoms with Crippen molar-refractivity contribution in [2.75, 3.05) is 0 Å². The smallest absolute Gasteiger partial charge is 0.309 e. The molecule has 0 bridgehead atoms. The first kappa shape index (κ1) is 17.0. The van der Waals surface area contributed by atoms with E-state index in [0.29, 0.717) is 0 Å². The van der Waals surface area contributed by atoms with E-state index in [2.05, 4.69) is 46.3 Å². The zero-order chi connectivity index (χ0) is 17.3. The Bertz CT molecular complexity index is 901. The van der Waals surface area contributed by atoms with Crippen LogP contribution in [0.4, 0.5) is 0 Å². The summed E-state index contributed by atoms with van der Waals surface area (Å²) in [6, 6.07) is 16.8. The fourth-order valence-electron chi connectivity index (χ4n) is 2.83. The molecule has 0 heterocycles. The van der Waals surface area contributed by atoms with Gasteiger partial charge in [-0.1, -0.05) is 50.2 Å². The van der Waals surface area contributed by atoms with Crippen molar-refractivity contribution in [1.82, 2.24) is 0 Å². The van der Waals surface area contributed by atoms with E-state index in [-0.39, 0.29) is 18.0 Å². The highest BCUT2D eigenvalue weighted by Gasteiger charge is 2.19. The molecule has 0 spiro atoms. The second kappa shape index (κ2) is 6.94. The van der Waals surface area contributed by atoms with Crippen molar-refractivity contribution in [2.24, 2.45) is 5.92 Å². The van der Waals surface area contributed by atoms with Gasteiger partial charge in [0, 0.05) is 10.0 Å². The maximum atomic E-state index is 12.1. The minimum Gasteiger partial charge on any atom is -0.458 e. The van der Waals surface area contributed by atoms with Gasteiger partial charge in [-0.25, -0.2) is 0 Å². The van der Waals surface area contributed by atoms with E-state index in [1.807, 2.05) is 39.0 Å². The van der Waals surface area contributed by atoms with Crippen LogP contribution in [0, 0.1) is 5.92 Å². The molecule has 3 aromatic rings. The van der Waals surface area contributed by atoms with Crippen LogP contribution in [0.15, 0.2) is 53.0 Å². The second-order valence-corrected chi connectivity index (χ2v) is 7.07. The fraction of sp³-hybridized carbons (Fsp3) is 0.286. The molecule has 0 radical (unpaired) electrons. The third kappa shape index (κ3) is 3.18. The summed E-state index contributed by atoms with van der Waals surface area (Å²) in [7, 11) is 0. The van der Waals surface area contributed by atoms with Crippen molar-refractivity contribution in [1.29, 1.82) is 0 Å². The number of carbonyl (C=O) groups excluding carboxylic acids is 1. The van der Waals surface area contributed by atoms with Gasteiger partial charge in [-0.15, -0.1) is 0 Å². The molecule has 0 amide bonds. The van der Waals surface area contributed by atoms with Crippen molar-refractivity contribution in [2.45, 2.75) is 33.3 Å². The van der Waals surface area contributed by atoms with Crippen molar-refractivity contribution < 1.29 is 9.53 Å². The average Bonchev–Trinajstić information content (AvgIpc) is 2.59. The van der Waals surface area contributed by atoms with Gasteiger partial charge in [0.15, 0.2) is 0 Å². The Morgan fingerprint density at radius 2 is 1.71 bits per heavy atom. The lowest BCUT2D eigenvalue weighted by molar-refractivity contribution is -0.153. The number of hydrogen-bond donors (Lipinski definition) is 0. The van der Waals surface area contributed by atoms with Crippen LogP contribution in [-0.4, -0.2) is 5.97 Å². The number of rotatable bonds is 4. The molecule has 3 heteroatoms. The van der Waals surface area contributed by atoms with Gasteiger partial charge in [-0.3, -0.25) is 4.79 Å². The lowest BCUT2D eigenvalue weighted by Crippen LogP contribution is -2.16. The Morgan fingerprint density at radius 3 is 2.38 bits per heavy atom. The normalized spacial score (nSPS) is 13.8. The molecule has 2 unspecified atom stereocenters. The maximum Gasteiger partial charge on any atom is 0.309 e. The highest BCUT2D eigenvalue weighted by Crippen LogP contribution is 2.35. The standard InChI is InChI=1S/C21H21BrO2/c1-4-13(2)21(23)24-14(3)18-10-9-17-11-15-7-5-6-8-16(15)12-19(17)20(18)22/h5-14H,4H2,1-3H3. The first-order chi connectivity index (χ1) is 11.5. The molecule has 0 aliphatic rings. The molecule has 2 atom stereocenters. The zero-order valence-electron chi connectivity index (χ0n) is 14.2. The summed E-state index contributed by atoms with van der Waals surface area (Å²) in [5.74, 6) is -0.217. The highest BCUT2D eigenvalue weighted by molar-refractivity contribution is 9.10. The van der Waals surface area contributed by atoms with Gasteiger partial charge in [-0.2, -0.15) is 0 Å². The van der Waals surface area contributed by atoms with E-state index >= 15 is 0 Å². The predicted octanol–water partition coefficient (Wildman–Crippen LogP) is 6.41. The van der Waals surface area contributed by atoms with Gasteiger partial charge in [0.2, 0.25) is 0 Å². The molecular formula is C21H21BrO2. The van der Waals surface area contributed by atoms with Crippen molar-refractivity contribution in [3.8, 4) is 0 Å². The van der Waals surface area contributed by atoms with Gasteiger partial charge < -0.3 is 4.74 Å². The third-order valence-electron chi connectivity index (χ3n) is 4.60. The lowest BCUT2D eigenvalue weighted by atomic mass is 10.00. The number of benzene rings is 3. The summed E-state index contributed by atoms with van der Waals surface area (Å²) in [6.45, 7) is 5.82. The van der Waals surface area contributed by atoms with Crippen LogP contribution in [0.5, 0.6) is 0 Å². The van der Waals surface area contributed by atoms with Gasteiger partial charge in [0.1, 0.15) is 6.10 Å². The van der Waals surface area contributed by atoms with Crippen molar-refractivity contribution in [3.63, 3.8) is 0 Å². The van der Waals surface area contributed by atoms with Crippen LogP contribution >= 0.6 is 15.9 Å². The number of hydrogen-bond acceptors (Lipinski definition) is 2. The molecule has 24 heavy (non-hydrogen) atoms. The quantitative estimate of drug-likeness (QED) is 0.383. The summed E-state index contributed by atoms with van der Waals surface area (Å²) in [5.41, 5.74) is 0.995. The van der Waals surface area contributed by atoms with Gasteiger partial charge in [-0.05, 0) is 63.0 Å². The molecule has 0 aromatic heterocycles. The SMILES string of the molecule is CCC(C)C(=O)OC(C)c1ccc2cc3ccccc3cc2c1Br. The first-order valence-electron chi connectivity index (χ1n) is 8.32. The third-order valence-corrected chi connectivity index (χ3v) is 5.48. The Balaban J connectivity index is 2.01. The van der Waals surface area contributed by atoms with E-state index in [1.165, 1.54) is 16.2 Å². The lowest BCUT2D eigenvalue weighted by Gasteiger charge is -2.18. The maximum absolute atomic E-state index is 12.1. The zero-order valence-corrected chi connectivity index (χ0v) is 15.8. The van der Waals surface area contributed by atoms with E-state index in [4.69, 9.17) is 4.74 Å². The summed E-state index contributed by atoms with van der Waals surface area (Å²) in [4.78, 5) is 12.1. The molecule has 0 aliphatic heterocycles. The van der Waals surface area contributed by atoms with E-state index in [9.17, 15) is 4.79 Å². The topological polar surface area (TPSA) is 26.3 Å². The summed E-state index contributed by atoms with van der Waals surface area (Å²) in [5, 5.41) is 4.73. The largest absolute Gasteiger partial charge is 0.458 e. The van der Waals surface area contributed by atoms with E-state index < -0.39 is 0 Å². The second-order valence-electron chi connectivity index (χ2n) is 6.28. The van der Waals surface area contributed by atoms with Crippen LogP contribution in [0.1, 0.15) is 38.9 Å². The Kier molecular flexibility index (Phi) is 4.91. The average molecular weight is 385 g/mol. The molecular weight excluding hydrogens is 364 g/mol. The monoisotopic (exact) mass is 384 g/mol.